The summed E-state index contributed by atoms with van der Waals surface area (Å²) in [7, 11) is 3.97. The molecule has 2 unspecified atom stereocenters. The van der Waals surface area contributed by atoms with Crippen LogP contribution in [0.25, 0.3) is 0 Å². The number of carbonyl (C=O) groups is 2. The second kappa shape index (κ2) is 9.94. The summed E-state index contributed by atoms with van der Waals surface area (Å²) in [5, 5.41) is 12.1. The summed E-state index contributed by atoms with van der Waals surface area (Å²) < 4.78 is 5.23. The first kappa shape index (κ1) is 23.3. The molecule has 0 spiro atoms. The van der Waals surface area contributed by atoms with Crippen molar-refractivity contribution in [3.8, 4) is 0 Å². The van der Waals surface area contributed by atoms with Gasteiger partial charge in [-0.05, 0) is 52.0 Å². The number of hydrogen-bond donors (Lipinski definition) is 0. The van der Waals surface area contributed by atoms with Crippen molar-refractivity contribution in [3.05, 3.63) is 45.7 Å². The van der Waals surface area contributed by atoms with Crippen LogP contribution in [0.4, 0.5) is 0 Å². The first-order valence-corrected chi connectivity index (χ1v) is 11.8. The summed E-state index contributed by atoms with van der Waals surface area (Å²) in [6.07, 6.45) is 6.02. The lowest BCUT2D eigenvalue weighted by Gasteiger charge is -2.47. The van der Waals surface area contributed by atoms with Crippen LogP contribution in [0.5, 0.6) is 0 Å². The average Bonchev–Trinajstić information content (AvgIpc) is 3.34. The molecule has 2 amide bonds. The summed E-state index contributed by atoms with van der Waals surface area (Å²) >= 11 is 0. The minimum Gasteiger partial charge on any atom is -0.459 e. The molecule has 1 aromatic rings. The zero-order valence-corrected chi connectivity index (χ0v) is 19.4. The molecular weight excluding hydrogens is 426 g/mol. The molecule has 3 heterocycles. The average molecular weight is 460 g/mol. The largest absolute Gasteiger partial charge is 0.459 e. The van der Waals surface area contributed by atoms with Crippen LogP contribution in [0.2, 0.25) is 0 Å². The lowest BCUT2D eigenvalue weighted by Crippen LogP contribution is -2.57. The van der Waals surface area contributed by atoms with Gasteiger partial charge < -0.3 is 24.0 Å². The van der Waals surface area contributed by atoms with Gasteiger partial charge in [0.1, 0.15) is 5.70 Å². The molecule has 180 valence electrons. The van der Waals surface area contributed by atoms with Gasteiger partial charge in [-0.3, -0.25) is 19.7 Å². The molecule has 1 aliphatic carbocycles. The molecule has 2 fully saturated rings. The van der Waals surface area contributed by atoms with Gasteiger partial charge >= 0.3 is 11.6 Å². The van der Waals surface area contributed by atoms with Crippen molar-refractivity contribution >= 4 is 11.8 Å². The maximum absolute atomic E-state index is 13.4. The van der Waals surface area contributed by atoms with E-state index in [0.717, 1.165) is 38.6 Å². The number of piperazine rings is 1. The van der Waals surface area contributed by atoms with Crippen molar-refractivity contribution in [3.63, 3.8) is 0 Å². The number of furan rings is 1. The molecule has 2 atom stereocenters. The van der Waals surface area contributed by atoms with Crippen LogP contribution in [0, 0.1) is 16.0 Å². The number of nitro groups is 1. The van der Waals surface area contributed by atoms with E-state index in [1.807, 2.05) is 19.0 Å². The third-order valence-electron chi connectivity index (χ3n) is 7.01. The summed E-state index contributed by atoms with van der Waals surface area (Å²) in [5.74, 6) is -0.359. The van der Waals surface area contributed by atoms with Gasteiger partial charge in [-0.15, -0.1) is 0 Å². The Hall–Kier alpha value is -2.88. The molecule has 0 radical (unpaired) electrons. The van der Waals surface area contributed by atoms with Crippen molar-refractivity contribution in [2.24, 2.45) is 5.92 Å². The van der Waals surface area contributed by atoms with Crippen LogP contribution in [-0.4, -0.2) is 95.7 Å². The quantitative estimate of drug-likeness (QED) is 0.453. The third kappa shape index (κ3) is 4.75. The maximum atomic E-state index is 13.4. The SMILES string of the molecule is CN(C)CCCN1C(=O)C([N+](=O)[O-])=C(N2CCN(C(=O)c3ccco3)CC2)C2CCCCC21. The van der Waals surface area contributed by atoms with Gasteiger partial charge in [0, 0.05) is 44.7 Å². The van der Waals surface area contributed by atoms with Gasteiger partial charge in [-0.25, -0.2) is 0 Å². The summed E-state index contributed by atoms with van der Waals surface area (Å²) in [6, 6.07) is 3.33. The fourth-order valence-electron chi connectivity index (χ4n) is 5.46. The normalized spacial score (nSPS) is 23.8. The highest BCUT2D eigenvalue weighted by Crippen LogP contribution is 2.41. The molecule has 1 aromatic heterocycles. The molecule has 33 heavy (non-hydrogen) atoms. The van der Waals surface area contributed by atoms with E-state index in [-0.39, 0.29) is 23.6 Å². The number of amides is 2. The second-order valence-electron chi connectivity index (χ2n) is 9.36. The summed E-state index contributed by atoms with van der Waals surface area (Å²) in [6.45, 7) is 3.18. The molecule has 3 aliphatic rings. The van der Waals surface area contributed by atoms with E-state index in [9.17, 15) is 19.7 Å². The fraction of sp³-hybridized carbons (Fsp3) is 0.652. The molecule has 10 heteroatoms. The van der Waals surface area contributed by atoms with E-state index in [4.69, 9.17) is 4.42 Å². The van der Waals surface area contributed by atoms with E-state index in [2.05, 4.69) is 4.90 Å². The molecule has 2 aliphatic heterocycles. The highest BCUT2D eigenvalue weighted by molar-refractivity contribution is 5.93. The van der Waals surface area contributed by atoms with Crippen LogP contribution < -0.4 is 0 Å². The number of fused-ring (bicyclic) bond motifs is 1. The Morgan fingerprint density at radius 2 is 1.94 bits per heavy atom. The molecule has 1 saturated carbocycles. The third-order valence-corrected chi connectivity index (χ3v) is 7.01. The van der Waals surface area contributed by atoms with E-state index in [1.165, 1.54) is 6.26 Å². The van der Waals surface area contributed by atoms with Gasteiger partial charge in [-0.1, -0.05) is 12.8 Å². The van der Waals surface area contributed by atoms with E-state index < -0.39 is 10.8 Å². The highest BCUT2D eigenvalue weighted by atomic mass is 16.6. The van der Waals surface area contributed by atoms with Crippen molar-refractivity contribution < 1.29 is 18.9 Å². The smallest absolute Gasteiger partial charge is 0.352 e. The van der Waals surface area contributed by atoms with Crippen molar-refractivity contribution in [1.82, 2.24) is 19.6 Å². The van der Waals surface area contributed by atoms with Crippen LogP contribution in [0.3, 0.4) is 0 Å². The molecule has 10 nitrogen and oxygen atoms in total. The van der Waals surface area contributed by atoms with Crippen LogP contribution >= 0.6 is 0 Å². The summed E-state index contributed by atoms with van der Waals surface area (Å²) in [4.78, 5) is 45.2. The summed E-state index contributed by atoms with van der Waals surface area (Å²) in [5.41, 5.74) is 0.317. The highest BCUT2D eigenvalue weighted by Gasteiger charge is 2.49. The van der Waals surface area contributed by atoms with Crippen molar-refractivity contribution in [1.29, 1.82) is 0 Å². The zero-order valence-electron chi connectivity index (χ0n) is 19.4. The molecule has 0 bridgehead atoms. The topological polar surface area (TPSA) is 103 Å². The van der Waals surface area contributed by atoms with Crippen molar-refractivity contribution in [2.45, 2.75) is 38.1 Å². The lowest BCUT2D eigenvalue weighted by atomic mass is 9.77. The molecule has 4 rings (SSSR count). The first-order chi connectivity index (χ1) is 15.9. The maximum Gasteiger partial charge on any atom is 0.352 e. The minimum atomic E-state index is -0.484. The second-order valence-corrected chi connectivity index (χ2v) is 9.36. The van der Waals surface area contributed by atoms with Gasteiger partial charge in [0.05, 0.1) is 11.2 Å². The Kier molecular flexibility index (Phi) is 7.02. The van der Waals surface area contributed by atoms with Gasteiger partial charge in [0.25, 0.3) is 5.91 Å². The van der Waals surface area contributed by atoms with Crippen LogP contribution in [0.15, 0.2) is 34.2 Å². The van der Waals surface area contributed by atoms with Gasteiger partial charge in [0.15, 0.2) is 5.76 Å². The fourth-order valence-corrected chi connectivity index (χ4v) is 5.46. The molecule has 0 N–H and O–H groups in total. The Bertz CT molecular complexity index is 904. The molecule has 1 saturated heterocycles. The number of rotatable bonds is 7. The van der Waals surface area contributed by atoms with Gasteiger partial charge in [0.2, 0.25) is 0 Å². The first-order valence-electron chi connectivity index (χ1n) is 11.8. The van der Waals surface area contributed by atoms with Crippen LogP contribution in [-0.2, 0) is 4.79 Å². The van der Waals surface area contributed by atoms with E-state index in [0.29, 0.717) is 44.2 Å². The minimum absolute atomic E-state index is 0.00916. The lowest BCUT2D eigenvalue weighted by molar-refractivity contribution is -0.424. The Labute approximate surface area is 193 Å². The molecule has 0 aromatic carbocycles. The zero-order chi connectivity index (χ0) is 23.5. The van der Waals surface area contributed by atoms with E-state index >= 15 is 0 Å². The number of carbonyl (C=O) groups excluding carboxylic acids is 2. The Balaban J connectivity index is 1.56. The predicted octanol–water partition coefficient (Wildman–Crippen LogP) is 1.88. The van der Waals surface area contributed by atoms with Crippen molar-refractivity contribution in [2.75, 3.05) is 53.4 Å². The number of nitrogens with zero attached hydrogens (tertiary/aromatic N) is 5. The number of hydrogen-bond acceptors (Lipinski definition) is 7. The van der Waals surface area contributed by atoms with Crippen LogP contribution in [0.1, 0.15) is 42.7 Å². The molecular formula is C23H33N5O5. The Morgan fingerprint density at radius 3 is 2.58 bits per heavy atom. The monoisotopic (exact) mass is 459 g/mol. The van der Waals surface area contributed by atoms with E-state index in [1.54, 1.807) is 21.9 Å². The van der Waals surface area contributed by atoms with Gasteiger partial charge in [-0.2, -0.15) is 0 Å². The standard InChI is InChI=1S/C23H33N5O5/c1-24(2)10-6-11-27-18-8-4-3-7-17(18)20(21(23(27)30)28(31)32)25-12-14-26(15-13-25)22(29)19-9-5-16-33-19/h5,9,16-18H,3-4,6-8,10-15H2,1-2H3. The predicted molar refractivity (Wildman–Crippen MR) is 121 cm³/mol. The Morgan fingerprint density at radius 1 is 1.21 bits per heavy atom.